The molecule has 0 aliphatic carbocycles. The summed E-state index contributed by atoms with van der Waals surface area (Å²) in [5, 5.41) is 1.03. The average Bonchev–Trinajstić information content (AvgIpc) is 2.84. The Hall–Kier alpha value is -3.73. The fraction of sp³-hybridized carbons (Fsp3) is 0.192. The molecule has 0 atom stereocenters. The number of hydrogen-bond donors (Lipinski definition) is 1. The lowest BCUT2D eigenvalue weighted by Gasteiger charge is -2.32. The molecule has 5 rings (SSSR count). The Morgan fingerprint density at radius 1 is 0.903 bits per heavy atom. The fourth-order valence-corrected chi connectivity index (χ4v) is 4.36. The standard InChI is InChI=1S/C26H24N4O/c27-25(31)20-12-15-30(16-13-20)26-22-17-21(18-7-3-1-4-8-18)24(19-9-5-2-6-10-19)29-23(22)11-14-28-26/h1-11,14,17,20H,12-13,15-16H2,(H2,27,31). The molecule has 0 spiro atoms. The first-order valence-electron chi connectivity index (χ1n) is 10.7. The Balaban J connectivity index is 1.65. The molecule has 5 heteroatoms. The fourth-order valence-electron chi connectivity index (χ4n) is 4.36. The molecule has 3 heterocycles. The number of aromatic nitrogens is 2. The SMILES string of the molecule is NC(=O)C1CCN(c2nccc3nc(-c4ccccc4)c(-c4ccccc4)cc23)CC1. The Kier molecular flexibility index (Phi) is 5.08. The first-order chi connectivity index (χ1) is 15.2. The van der Waals surface area contributed by atoms with E-state index in [1.54, 1.807) is 0 Å². The van der Waals surface area contributed by atoms with Crippen molar-refractivity contribution in [1.82, 2.24) is 9.97 Å². The smallest absolute Gasteiger partial charge is 0.220 e. The van der Waals surface area contributed by atoms with Gasteiger partial charge in [0.25, 0.3) is 0 Å². The zero-order valence-corrected chi connectivity index (χ0v) is 17.2. The number of carbonyl (C=O) groups is 1. The molecule has 4 aromatic rings. The first kappa shape index (κ1) is 19.2. The van der Waals surface area contributed by atoms with Crippen molar-refractivity contribution in [3.05, 3.63) is 79.0 Å². The second kappa shape index (κ2) is 8.19. The maximum absolute atomic E-state index is 11.6. The van der Waals surface area contributed by atoms with E-state index in [9.17, 15) is 4.79 Å². The van der Waals surface area contributed by atoms with E-state index in [1.807, 2.05) is 48.7 Å². The van der Waals surface area contributed by atoms with E-state index in [4.69, 9.17) is 15.7 Å². The molecule has 1 saturated heterocycles. The number of anilines is 1. The summed E-state index contributed by atoms with van der Waals surface area (Å²) < 4.78 is 0. The van der Waals surface area contributed by atoms with Crippen LogP contribution in [0.5, 0.6) is 0 Å². The van der Waals surface area contributed by atoms with Gasteiger partial charge in [-0.1, -0.05) is 60.7 Å². The number of nitrogens with zero attached hydrogens (tertiary/aromatic N) is 3. The summed E-state index contributed by atoms with van der Waals surface area (Å²) in [6.45, 7) is 1.53. The van der Waals surface area contributed by atoms with Crippen molar-refractivity contribution in [1.29, 1.82) is 0 Å². The van der Waals surface area contributed by atoms with Crippen LogP contribution in [0.4, 0.5) is 5.82 Å². The molecular weight excluding hydrogens is 384 g/mol. The van der Waals surface area contributed by atoms with Gasteiger partial charge >= 0.3 is 0 Å². The van der Waals surface area contributed by atoms with Crippen LogP contribution in [0.2, 0.25) is 0 Å². The van der Waals surface area contributed by atoms with E-state index in [1.165, 1.54) is 0 Å². The number of piperidine rings is 1. The van der Waals surface area contributed by atoms with Crippen LogP contribution in [0.25, 0.3) is 33.3 Å². The average molecular weight is 409 g/mol. The number of carbonyl (C=O) groups excluding carboxylic acids is 1. The van der Waals surface area contributed by atoms with Crippen molar-refractivity contribution in [2.75, 3.05) is 18.0 Å². The molecule has 1 fully saturated rings. The molecular formula is C26H24N4O. The highest BCUT2D eigenvalue weighted by Crippen LogP contribution is 2.36. The first-order valence-corrected chi connectivity index (χ1v) is 10.7. The van der Waals surface area contributed by atoms with Crippen molar-refractivity contribution < 1.29 is 4.79 Å². The molecule has 154 valence electrons. The molecule has 0 radical (unpaired) electrons. The van der Waals surface area contributed by atoms with Gasteiger partial charge in [-0.05, 0) is 30.5 Å². The van der Waals surface area contributed by atoms with Gasteiger partial charge in [0, 0.05) is 41.7 Å². The second-order valence-corrected chi connectivity index (χ2v) is 7.98. The van der Waals surface area contributed by atoms with Gasteiger partial charge in [0.15, 0.2) is 0 Å². The van der Waals surface area contributed by atoms with Crippen LogP contribution < -0.4 is 10.6 Å². The third-order valence-corrected chi connectivity index (χ3v) is 6.05. The number of pyridine rings is 2. The predicted molar refractivity (Wildman–Crippen MR) is 125 cm³/mol. The lowest BCUT2D eigenvalue weighted by atomic mass is 9.95. The molecule has 2 N–H and O–H groups in total. The van der Waals surface area contributed by atoms with E-state index in [0.29, 0.717) is 0 Å². The summed E-state index contributed by atoms with van der Waals surface area (Å²) >= 11 is 0. The van der Waals surface area contributed by atoms with Gasteiger partial charge in [-0.15, -0.1) is 0 Å². The van der Waals surface area contributed by atoms with E-state index in [2.05, 4.69) is 35.2 Å². The van der Waals surface area contributed by atoms with E-state index in [0.717, 1.165) is 65.0 Å². The van der Waals surface area contributed by atoms with Crippen molar-refractivity contribution in [3.8, 4) is 22.4 Å². The van der Waals surface area contributed by atoms with Crippen molar-refractivity contribution >= 4 is 22.6 Å². The van der Waals surface area contributed by atoms with E-state index < -0.39 is 0 Å². The quantitative estimate of drug-likeness (QED) is 0.533. The Labute approximate surface area is 181 Å². The van der Waals surface area contributed by atoms with Crippen molar-refractivity contribution in [2.45, 2.75) is 12.8 Å². The molecule has 5 nitrogen and oxygen atoms in total. The van der Waals surface area contributed by atoms with Gasteiger partial charge in [0.2, 0.25) is 5.91 Å². The molecule has 0 saturated carbocycles. The van der Waals surface area contributed by atoms with Gasteiger partial charge < -0.3 is 10.6 Å². The summed E-state index contributed by atoms with van der Waals surface area (Å²) in [7, 11) is 0. The van der Waals surface area contributed by atoms with Crippen molar-refractivity contribution in [2.24, 2.45) is 11.7 Å². The summed E-state index contributed by atoms with van der Waals surface area (Å²) in [5.74, 6) is 0.671. The second-order valence-electron chi connectivity index (χ2n) is 7.98. The van der Waals surface area contributed by atoms with Gasteiger partial charge in [0.1, 0.15) is 5.82 Å². The zero-order valence-electron chi connectivity index (χ0n) is 17.2. The maximum Gasteiger partial charge on any atom is 0.220 e. The van der Waals surface area contributed by atoms with E-state index in [-0.39, 0.29) is 11.8 Å². The molecule has 2 aromatic carbocycles. The summed E-state index contributed by atoms with van der Waals surface area (Å²) in [6, 6.07) is 24.8. The molecule has 31 heavy (non-hydrogen) atoms. The van der Waals surface area contributed by atoms with Gasteiger partial charge in [-0.3, -0.25) is 4.79 Å². The summed E-state index contributed by atoms with van der Waals surface area (Å²) in [6.07, 6.45) is 3.34. The van der Waals surface area contributed by atoms with Gasteiger partial charge in [0.05, 0.1) is 11.2 Å². The molecule has 1 amide bonds. The monoisotopic (exact) mass is 408 g/mol. The molecule has 0 bridgehead atoms. The van der Waals surface area contributed by atoms with Crippen LogP contribution in [-0.4, -0.2) is 29.0 Å². The predicted octanol–water partition coefficient (Wildman–Crippen LogP) is 4.67. The van der Waals surface area contributed by atoms with Crippen LogP contribution in [0.15, 0.2) is 79.0 Å². The van der Waals surface area contributed by atoms with Crippen molar-refractivity contribution in [3.63, 3.8) is 0 Å². The number of fused-ring (bicyclic) bond motifs is 1. The topological polar surface area (TPSA) is 72.1 Å². The van der Waals surface area contributed by atoms with Crippen LogP contribution in [0, 0.1) is 5.92 Å². The number of primary amides is 1. The summed E-state index contributed by atoms with van der Waals surface area (Å²) in [5.41, 5.74) is 10.7. The van der Waals surface area contributed by atoms with Crippen LogP contribution in [-0.2, 0) is 4.79 Å². The Morgan fingerprint density at radius 3 is 2.19 bits per heavy atom. The van der Waals surface area contributed by atoms with E-state index >= 15 is 0 Å². The lowest BCUT2D eigenvalue weighted by Crippen LogP contribution is -2.39. The number of nitrogens with two attached hydrogens (primary N) is 1. The minimum Gasteiger partial charge on any atom is -0.369 e. The maximum atomic E-state index is 11.6. The highest BCUT2D eigenvalue weighted by atomic mass is 16.1. The molecule has 1 aliphatic rings. The molecule has 1 aliphatic heterocycles. The number of rotatable bonds is 4. The normalized spacial score (nSPS) is 14.6. The molecule has 0 unspecified atom stereocenters. The highest BCUT2D eigenvalue weighted by Gasteiger charge is 2.25. The largest absolute Gasteiger partial charge is 0.369 e. The zero-order chi connectivity index (χ0) is 21.2. The van der Waals surface area contributed by atoms with Crippen LogP contribution in [0.3, 0.4) is 0 Å². The third-order valence-electron chi connectivity index (χ3n) is 6.05. The minimum atomic E-state index is -0.203. The van der Waals surface area contributed by atoms with Gasteiger partial charge in [-0.25, -0.2) is 9.97 Å². The Morgan fingerprint density at radius 2 is 1.55 bits per heavy atom. The third kappa shape index (κ3) is 3.75. The highest BCUT2D eigenvalue weighted by molar-refractivity contribution is 5.97. The summed E-state index contributed by atoms with van der Waals surface area (Å²) in [4.78, 5) is 23.6. The Bertz CT molecular complexity index is 1220. The van der Waals surface area contributed by atoms with Gasteiger partial charge in [-0.2, -0.15) is 0 Å². The number of hydrogen-bond acceptors (Lipinski definition) is 4. The number of benzene rings is 2. The van der Waals surface area contributed by atoms with Crippen LogP contribution in [0.1, 0.15) is 12.8 Å². The minimum absolute atomic E-state index is 0.0473. The lowest BCUT2D eigenvalue weighted by molar-refractivity contribution is -0.122. The number of amides is 1. The van der Waals surface area contributed by atoms with Crippen LogP contribution >= 0.6 is 0 Å². The molecule has 2 aromatic heterocycles.